The molecule has 384 valence electrons. The molecule has 16 nitrogen and oxygen atoms in total. The second kappa shape index (κ2) is 25.6. The molecule has 9 rings (SSSR count). The Bertz CT molecular complexity index is 2930. The molecule has 2 unspecified atom stereocenters. The van der Waals surface area contributed by atoms with Crippen LogP contribution in [0.3, 0.4) is 0 Å². The van der Waals surface area contributed by atoms with Crippen molar-refractivity contribution in [1.29, 1.82) is 0 Å². The van der Waals surface area contributed by atoms with Gasteiger partial charge in [0.05, 0.1) is 53.1 Å². The summed E-state index contributed by atoms with van der Waals surface area (Å²) in [5.41, 5.74) is 1.20. The van der Waals surface area contributed by atoms with E-state index in [0.717, 1.165) is 34.6 Å². The van der Waals surface area contributed by atoms with Gasteiger partial charge in [-0.05, 0) is 59.2 Å². The minimum Gasteiger partial charge on any atom is -0.452 e. The molecule has 1 aromatic heterocycles. The molecule has 17 heteroatoms. The van der Waals surface area contributed by atoms with Gasteiger partial charge in [0.1, 0.15) is 42.8 Å². The Labute approximate surface area is 436 Å². The minimum absolute atomic E-state index is 0.0141. The molecule has 7 aromatic rings. The van der Waals surface area contributed by atoms with Crippen LogP contribution in [-0.2, 0) is 57.7 Å². The van der Waals surface area contributed by atoms with E-state index < -0.39 is 83.2 Å². The molecular formula is C58H52N2O14S. The monoisotopic (exact) mass is 1030 g/mol. The number of pyridine rings is 1. The van der Waals surface area contributed by atoms with Crippen molar-refractivity contribution in [2.24, 2.45) is 0 Å². The maximum Gasteiger partial charge on any atom is 0.338 e. The fraction of sp³-hybridized carbons (Fsp3) is 0.241. The van der Waals surface area contributed by atoms with Gasteiger partial charge < -0.3 is 43.0 Å². The van der Waals surface area contributed by atoms with Crippen LogP contribution in [0, 0.1) is 10.1 Å². The highest BCUT2D eigenvalue weighted by Crippen LogP contribution is 2.42. The van der Waals surface area contributed by atoms with Gasteiger partial charge in [-0.25, -0.2) is 19.4 Å². The zero-order valence-corrected chi connectivity index (χ0v) is 41.0. The first-order chi connectivity index (χ1) is 36.7. The van der Waals surface area contributed by atoms with E-state index in [9.17, 15) is 29.6 Å². The predicted octanol–water partition coefficient (Wildman–Crippen LogP) is 9.00. The number of hydrogen-bond acceptors (Lipinski definition) is 16. The van der Waals surface area contributed by atoms with E-state index in [1.807, 2.05) is 91.0 Å². The molecule has 3 heterocycles. The van der Waals surface area contributed by atoms with Crippen molar-refractivity contribution < 1.29 is 62.3 Å². The van der Waals surface area contributed by atoms with Crippen LogP contribution in [0.1, 0.15) is 47.8 Å². The molecule has 0 spiro atoms. The van der Waals surface area contributed by atoms with Crippen molar-refractivity contribution in [3.05, 3.63) is 244 Å². The molecule has 1 N–H and O–H groups in total. The molecule has 2 aliphatic heterocycles. The van der Waals surface area contributed by atoms with Crippen LogP contribution in [0.5, 0.6) is 0 Å². The number of nitro groups is 1. The van der Waals surface area contributed by atoms with Crippen LogP contribution in [0.25, 0.3) is 0 Å². The summed E-state index contributed by atoms with van der Waals surface area (Å²) in [6.07, 6.45) is -11.7. The lowest BCUT2D eigenvalue weighted by molar-refractivity contribution is -0.385. The summed E-state index contributed by atoms with van der Waals surface area (Å²) in [5, 5.41) is 25.1. The fourth-order valence-electron chi connectivity index (χ4n) is 8.71. The number of thioether (sulfide) groups is 1. The largest absolute Gasteiger partial charge is 0.452 e. The first kappa shape index (κ1) is 52.3. The maximum absolute atomic E-state index is 14.4. The molecule has 10 atom stereocenters. The van der Waals surface area contributed by atoms with E-state index in [2.05, 4.69) is 4.98 Å². The number of carbonyl (C=O) groups excluding carboxylic acids is 3. The highest BCUT2D eigenvalue weighted by Gasteiger charge is 2.59. The summed E-state index contributed by atoms with van der Waals surface area (Å²) in [6.45, 7) is 0.394. The lowest BCUT2D eigenvalue weighted by Crippen LogP contribution is -2.65. The Balaban J connectivity index is 1.15. The third-order valence-electron chi connectivity index (χ3n) is 12.4. The molecule has 0 amide bonds. The van der Waals surface area contributed by atoms with Crippen molar-refractivity contribution in [3.8, 4) is 0 Å². The summed E-state index contributed by atoms with van der Waals surface area (Å²) in [4.78, 5) is 58.4. The highest BCUT2D eigenvalue weighted by molar-refractivity contribution is 7.99. The van der Waals surface area contributed by atoms with Crippen LogP contribution in [0.15, 0.2) is 205 Å². The predicted molar refractivity (Wildman–Crippen MR) is 273 cm³/mol. The summed E-state index contributed by atoms with van der Waals surface area (Å²) in [5.74, 6) is -2.64. The molecule has 0 radical (unpaired) electrons. The van der Waals surface area contributed by atoms with Gasteiger partial charge in [-0.2, -0.15) is 0 Å². The average molecular weight is 1030 g/mol. The molecule has 2 saturated heterocycles. The van der Waals surface area contributed by atoms with Gasteiger partial charge in [0.15, 0.2) is 23.7 Å². The summed E-state index contributed by atoms with van der Waals surface area (Å²) in [7, 11) is 0. The maximum atomic E-state index is 14.4. The Morgan fingerprint density at radius 1 is 0.533 bits per heavy atom. The number of nitrogens with zero attached hydrogens (tertiary/aromatic N) is 2. The topological polar surface area (TPSA) is 201 Å². The minimum atomic E-state index is -1.81. The van der Waals surface area contributed by atoms with Crippen LogP contribution >= 0.6 is 11.8 Å². The SMILES string of the molecule is O=C(O[C@@H]1[C@@H](OC(=O)c2ccccc2)[C@H](Sc2ccc([N+](=O)[O-])cn2)O[C@H](C(O)C2O[C@@H](COCc3ccccc3)[C@H](OCc3ccccc3)[C@H]2OCc2ccccc2)[C@H]1OC(=O)c1ccccc1)c1ccccc1. The van der Waals surface area contributed by atoms with Crippen LogP contribution in [-0.4, -0.2) is 99.9 Å². The Kier molecular flexibility index (Phi) is 17.8. The van der Waals surface area contributed by atoms with E-state index in [1.54, 1.807) is 54.6 Å². The average Bonchev–Trinajstić information content (AvgIpc) is 3.81. The van der Waals surface area contributed by atoms with E-state index in [1.165, 1.54) is 48.5 Å². The van der Waals surface area contributed by atoms with Crippen molar-refractivity contribution >= 4 is 35.4 Å². The first-order valence-electron chi connectivity index (χ1n) is 24.2. The molecule has 0 bridgehead atoms. The summed E-state index contributed by atoms with van der Waals surface area (Å²) < 4.78 is 52.5. The number of benzene rings is 6. The molecule has 0 aliphatic carbocycles. The van der Waals surface area contributed by atoms with Crippen molar-refractivity contribution in [2.45, 2.75) is 85.2 Å². The number of rotatable bonds is 21. The van der Waals surface area contributed by atoms with Gasteiger partial charge in [0.25, 0.3) is 5.69 Å². The lowest BCUT2D eigenvalue weighted by atomic mass is 9.90. The number of aromatic nitrogens is 1. The molecule has 2 fully saturated rings. The molecule has 2 aliphatic rings. The number of hydrogen-bond donors (Lipinski definition) is 1. The number of esters is 3. The number of carbonyl (C=O) groups is 3. The van der Waals surface area contributed by atoms with Crippen molar-refractivity contribution in [2.75, 3.05) is 6.61 Å². The highest BCUT2D eigenvalue weighted by atomic mass is 32.2. The van der Waals surface area contributed by atoms with Gasteiger partial charge in [-0.15, -0.1) is 0 Å². The normalized spacial score (nSPS) is 22.6. The Hall–Kier alpha value is -7.61. The zero-order chi connectivity index (χ0) is 51.9. The second-order valence-corrected chi connectivity index (χ2v) is 18.7. The van der Waals surface area contributed by atoms with Gasteiger partial charge in [0, 0.05) is 6.07 Å². The first-order valence-corrected chi connectivity index (χ1v) is 25.0. The second-order valence-electron chi connectivity index (χ2n) is 17.6. The van der Waals surface area contributed by atoms with E-state index in [0.29, 0.717) is 0 Å². The number of ether oxygens (including phenoxy) is 8. The van der Waals surface area contributed by atoms with E-state index >= 15 is 0 Å². The Morgan fingerprint density at radius 2 is 0.960 bits per heavy atom. The molecule has 75 heavy (non-hydrogen) atoms. The molecule has 6 aromatic carbocycles. The quantitative estimate of drug-likeness (QED) is 0.0309. The third kappa shape index (κ3) is 13.6. The van der Waals surface area contributed by atoms with E-state index in [4.69, 9.17) is 37.9 Å². The molecule has 0 saturated carbocycles. The Morgan fingerprint density at radius 3 is 1.43 bits per heavy atom. The zero-order valence-electron chi connectivity index (χ0n) is 40.2. The van der Waals surface area contributed by atoms with Gasteiger partial charge in [0.2, 0.25) is 0 Å². The lowest BCUT2D eigenvalue weighted by Gasteiger charge is -2.46. The smallest absolute Gasteiger partial charge is 0.338 e. The van der Waals surface area contributed by atoms with Crippen LogP contribution < -0.4 is 0 Å². The van der Waals surface area contributed by atoms with Gasteiger partial charge >= 0.3 is 17.9 Å². The number of aliphatic hydroxyl groups is 1. The molecular weight excluding hydrogens is 981 g/mol. The number of aliphatic hydroxyl groups excluding tert-OH is 1. The van der Waals surface area contributed by atoms with Gasteiger partial charge in [-0.1, -0.05) is 157 Å². The summed E-state index contributed by atoms with van der Waals surface area (Å²) in [6, 6.07) is 55.2. The van der Waals surface area contributed by atoms with Gasteiger partial charge in [-0.3, -0.25) is 10.1 Å². The summed E-state index contributed by atoms with van der Waals surface area (Å²) >= 11 is 0.869. The standard InChI is InChI=1S/C58H52N2O14S/c61-47(49-51(69-36-40-23-11-3-12-24-40)48(68-35-39-21-9-2-10-22-39)45(70-49)37-67-34-38-19-7-1-8-20-38)50-52(71-55(62)41-25-13-4-14-26-41)53(72-56(63)42-27-15-5-16-28-42)54(73-57(64)43-29-17-6-18-30-43)58(74-50)75-46-32-31-44(33-59-46)60(65)66/h1-33,45,47-54,58,61H,34-37H2/t45-,47?,48-,49?,50+,51+,52+,53-,54+,58-/m0/s1. The van der Waals surface area contributed by atoms with Crippen molar-refractivity contribution in [1.82, 2.24) is 4.98 Å². The van der Waals surface area contributed by atoms with Crippen LogP contribution in [0.2, 0.25) is 0 Å². The van der Waals surface area contributed by atoms with Crippen molar-refractivity contribution in [3.63, 3.8) is 0 Å². The van der Waals surface area contributed by atoms with Crippen LogP contribution in [0.4, 0.5) is 5.69 Å². The van der Waals surface area contributed by atoms with E-state index in [-0.39, 0.29) is 53.8 Å². The fourth-order valence-corrected chi connectivity index (χ4v) is 9.74. The third-order valence-corrected chi connectivity index (χ3v) is 13.5.